The van der Waals surface area contributed by atoms with Crippen molar-refractivity contribution >= 4 is 11.6 Å². The Balaban J connectivity index is 1.35. The molecule has 1 heterocycles. The molecule has 0 unspecified atom stereocenters. The Morgan fingerprint density at radius 2 is 1.86 bits per heavy atom. The zero-order valence-corrected chi connectivity index (χ0v) is 16.6. The van der Waals surface area contributed by atoms with Gasteiger partial charge in [0.05, 0.1) is 5.69 Å². The van der Waals surface area contributed by atoms with E-state index in [1.807, 2.05) is 4.90 Å². The molecule has 156 valence electrons. The molecular weight excluding hydrogens is 364 g/mol. The van der Waals surface area contributed by atoms with E-state index in [9.17, 15) is 13.6 Å². The van der Waals surface area contributed by atoms with E-state index in [2.05, 4.69) is 10.2 Å². The van der Waals surface area contributed by atoms with Crippen LogP contribution in [0.5, 0.6) is 0 Å². The van der Waals surface area contributed by atoms with Crippen molar-refractivity contribution in [3.05, 3.63) is 29.8 Å². The maximum absolute atomic E-state index is 14.0. The average Bonchev–Trinajstić information content (AvgIpc) is 2.70. The normalized spacial score (nSPS) is 23.6. The Hall–Kier alpha value is -1.73. The maximum Gasteiger partial charge on any atom is 0.246 e. The quantitative estimate of drug-likeness (QED) is 0.771. The highest BCUT2D eigenvalue weighted by Gasteiger charge is 2.24. The van der Waals surface area contributed by atoms with Gasteiger partial charge in [0.25, 0.3) is 0 Å². The van der Waals surface area contributed by atoms with Crippen LogP contribution in [-0.2, 0) is 9.53 Å². The van der Waals surface area contributed by atoms with Gasteiger partial charge in [0.2, 0.25) is 5.91 Å². The lowest BCUT2D eigenvalue weighted by atomic mass is 9.84. The second-order valence-corrected chi connectivity index (χ2v) is 7.91. The number of piperazine rings is 1. The Morgan fingerprint density at radius 3 is 2.54 bits per heavy atom. The molecule has 0 atom stereocenters. The zero-order chi connectivity index (χ0) is 19.9. The number of hydrogen-bond donors (Lipinski definition) is 1. The fourth-order valence-electron chi connectivity index (χ4n) is 4.31. The van der Waals surface area contributed by atoms with Gasteiger partial charge in [0.1, 0.15) is 6.61 Å². The first kappa shape index (κ1) is 21.0. The van der Waals surface area contributed by atoms with Crippen LogP contribution >= 0.6 is 0 Å². The number of rotatable bonds is 7. The number of nitrogens with zero attached hydrogens (tertiary/aromatic N) is 2. The Morgan fingerprint density at radius 1 is 1.14 bits per heavy atom. The second-order valence-electron chi connectivity index (χ2n) is 7.91. The second kappa shape index (κ2) is 10.2. The van der Waals surface area contributed by atoms with E-state index in [0.717, 1.165) is 70.9 Å². The minimum Gasteiger partial charge on any atom is -0.375 e. The first-order valence-corrected chi connectivity index (χ1v) is 10.3. The van der Waals surface area contributed by atoms with Gasteiger partial charge in [-0.1, -0.05) is 6.07 Å². The van der Waals surface area contributed by atoms with Crippen molar-refractivity contribution < 1.29 is 18.3 Å². The maximum atomic E-state index is 14.0. The van der Waals surface area contributed by atoms with Gasteiger partial charge in [-0.25, -0.2) is 8.78 Å². The van der Waals surface area contributed by atoms with Gasteiger partial charge in [0.15, 0.2) is 11.6 Å². The topological polar surface area (TPSA) is 44.8 Å². The first-order chi connectivity index (χ1) is 13.6. The lowest BCUT2D eigenvalue weighted by Crippen LogP contribution is -2.47. The van der Waals surface area contributed by atoms with E-state index >= 15 is 0 Å². The van der Waals surface area contributed by atoms with Crippen molar-refractivity contribution in [2.75, 3.05) is 51.3 Å². The van der Waals surface area contributed by atoms with Crippen LogP contribution in [0.1, 0.15) is 32.1 Å². The molecular formula is C21H31F2N3O2. The molecule has 1 aromatic rings. The number of hydrogen-bond acceptors (Lipinski definition) is 4. The fourth-order valence-corrected chi connectivity index (χ4v) is 4.31. The first-order valence-electron chi connectivity index (χ1n) is 10.3. The molecule has 1 aliphatic carbocycles. The number of carbonyl (C=O) groups is 1. The number of methoxy groups -OCH3 is 1. The van der Waals surface area contributed by atoms with E-state index < -0.39 is 11.6 Å². The molecule has 1 aromatic carbocycles. The summed E-state index contributed by atoms with van der Waals surface area (Å²) in [4.78, 5) is 16.0. The Bertz CT molecular complexity index is 643. The molecule has 2 fully saturated rings. The molecule has 2 aliphatic rings. The molecule has 0 bridgehead atoms. The summed E-state index contributed by atoms with van der Waals surface area (Å²) >= 11 is 0. The summed E-state index contributed by atoms with van der Waals surface area (Å²) in [6.45, 7) is 4.37. The smallest absolute Gasteiger partial charge is 0.246 e. The monoisotopic (exact) mass is 395 g/mol. The zero-order valence-electron chi connectivity index (χ0n) is 16.6. The third-order valence-electron chi connectivity index (χ3n) is 5.99. The van der Waals surface area contributed by atoms with Crippen molar-refractivity contribution in [3.8, 4) is 0 Å². The minimum absolute atomic E-state index is 0.0291. The Labute approximate surface area is 166 Å². The summed E-state index contributed by atoms with van der Waals surface area (Å²) in [6, 6.07) is 4.66. The summed E-state index contributed by atoms with van der Waals surface area (Å²) in [7, 11) is 1.53. The standard InChI is InChI=1S/C21H31F2N3O2/c1-28-15-20(27)24-17-7-5-16(6-8-17)9-10-25-11-13-26(14-12-25)19-4-2-3-18(22)21(19)23/h2-4,16-17H,5-15H2,1H3,(H,24,27). The number of benzene rings is 1. The fraction of sp³-hybridized carbons (Fsp3) is 0.667. The molecule has 3 rings (SSSR count). The SMILES string of the molecule is COCC(=O)NC1CCC(CCN2CCN(c3cccc(F)c3F)CC2)CC1. The van der Waals surface area contributed by atoms with Gasteiger partial charge in [0, 0.05) is 39.3 Å². The van der Waals surface area contributed by atoms with Gasteiger partial charge in [-0.05, 0) is 56.7 Å². The number of nitrogens with one attached hydrogen (secondary N) is 1. The number of amides is 1. The van der Waals surface area contributed by atoms with Crippen LogP contribution in [-0.4, -0.2) is 63.3 Å². The van der Waals surface area contributed by atoms with Crippen LogP contribution in [0.4, 0.5) is 14.5 Å². The van der Waals surface area contributed by atoms with Crippen molar-refractivity contribution in [1.82, 2.24) is 10.2 Å². The Kier molecular flexibility index (Phi) is 7.62. The van der Waals surface area contributed by atoms with Crippen molar-refractivity contribution in [3.63, 3.8) is 0 Å². The van der Waals surface area contributed by atoms with Crippen molar-refractivity contribution in [2.24, 2.45) is 5.92 Å². The lowest BCUT2D eigenvalue weighted by molar-refractivity contribution is -0.125. The summed E-state index contributed by atoms with van der Waals surface area (Å²) in [5.74, 6) is -0.855. The molecule has 0 spiro atoms. The van der Waals surface area contributed by atoms with Gasteiger partial charge in [-0.15, -0.1) is 0 Å². The van der Waals surface area contributed by atoms with Crippen molar-refractivity contribution in [2.45, 2.75) is 38.1 Å². The van der Waals surface area contributed by atoms with Crippen LogP contribution in [0.2, 0.25) is 0 Å². The molecule has 0 aromatic heterocycles. The molecule has 1 aliphatic heterocycles. The van der Waals surface area contributed by atoms with E-state index in [1.54, 1.807) is 12.1 Å². The predicted octanol–water partition coefficient (Wildman–Crippen LogP) is 2.80. The molecule has 1 N–H and O–H groups in total. The number of halogens is 2. The van der Waals surface area contributed by atoms with Crippen LogP contribution in [0, 0.1) is 17.6 Å². The largest absolute Gasteiger partial charge is 0.375 e. The number of carbonyl (C=O) groups excluding carboxylic acids is 1. The predicted molar refractivity (Wildman–Crippen MR) is 105 cm³/mol. The lowest BCUT2D eigenvalue weighted by Gasteiger charge is -2.37. The average molecular weight is 395 g/mol. The third kappa shape index (κ3) is 5.64. The summed E-state index contributed by atoms with van der Waals surface area (Å²) < 4.78 is 32.3. The molecule has 28 heavy (non-hydrogen) atoms. The van der Waals surface area contributed by atoms with Gasteiger partial charge < -0.3 is 15.0 Å². The van der Waals surface area contributed by atoms with Crippen LogP contribution in [0.15, 0.2) is 18.2 Å². The number of ether oxygens (including phenoxy) is 1. The summed E-state index contributed by atoms with van der Waals surface area (Å²) in [5.41, 5.74) is 0.369. The van der Waals surface area contributed by atoms with Crippen molar-refractivity contribution in [1.29, 1.82) is 0 Å². The molecule has 0 radical (unpaired) electrons. The molecule has 1 saturated carbocycles. The van der Waals surface area contributed by atoms with E-state index in [4.69, 9.17) is 4.74 Å². The molecule has 5 nitrogen and oxygen atoms in total. The summed E-state index contributed by atoms with van der Waals surface area (Å²) in [6.07, 6.45) is 5.52. The van der Waals surface area contributed by atoms with Gasteiger partial charge in [-0.3, -0.25) is 9.69 Å². The van der Waals surface area contributed by atoms with Gasteiger partial charge >= 0.3 is 0 Å². The van der Waals surface area contributed by atoms with E-state index in [-0.39, 0.29) is 18.6 Å². The minimum atomic E-state index is -0.783. The van der Waals surface area contributed by atoms with Crippen LogP contribution in [0.25, 0.3) is 0 Å². The van der Waals surface area contributed by atoms with Crippen LogP contribution < -0.4 is 10.2 Å². The molecule has 1 saturated heterocycles. The van der Waals surface area contributed by atoms with E-state index in [0.29, 0.717) is 11.6 Å². The number of anilines is 1. The van der Waals surface area contributed by atoms with Crippen LogP contribution in [0.3, 0.4) is 0 Å². The highest BCUT2D eigenvalue weighted by molar-refractivity contribution is 5.77. The van der Waals surface area contributed by atoms with Gasteiger partial charge in [-0.2, -0.15) is 0 Å². The highest BCUT2D eigenvalue weighted by Crippen LogP contribution is 2.28. The molecule has 1 amide bonds. The molecule has 7 heteroatoms. The highest BCUT2D eigenvalue weighted by atomic mass is 19.2. The van der Waals surface area contributed by atoms with E-state index in [1.165, 1.54) is 7.11 Å². The third-order valence-corrected chi connectivity index (χ3v) is 5.99. The summed E-state index contributed by atoms with van der Waals surface area (Å²) in [5, 5.41) is 3.04.